The second-order valence-corrected chi connectivity index (χ2v) is 5.55. The van der Waals surface area contributed by atoms with Crippen LogP contribution in [0.25, 0.3) is 0 Å². The molecule has 0 aliphatic heterocycles. The van der Waals surface area contributed by atoms with Crippen molar-refractivity contribution in [2.45, 2.75) is 6.61 Å². The van der Waals surface area contributed by atoms with Crippen LogP contribution < -0.4 is 4.74 Å². The van der Waals surface area contributed by atoms with E-state index in [4.69, 9.17) is 16.3 Å². The Hall–Kier alpha value is -0.400. The number of nitrogens with zero attached hydrogens (tertiary/aromatic N) is 2. The molecule has 2 aromatic rings. The minimum Gasteiger partial charge on any atom is -0.473 e. The lowest BCUT2D eigenvalue weighted by atomic mass is 10.3. The summed E-state index contributed by atoms with van der Waals surface area (Å²) >= 11 is 11.3. The second-order valence-electron chi connectivity index (χ2n) is 3.19. The molecule has 0 amide bonds. The van der Waals surface area contributed by atoms with Gasteiger partial charge in [0.1, 0.15) is 16.4 Å². The van der Waals surface area contributed by atoms with Crippen LogP contribution >= 0.6 is 50.1 Å². The van der Waals surface area contributed by atoms with E-state index in [9.17, 15) is 0 Å². The Morgan fingerprint density at radius 2 is 2.24 bits per heavy atom. The third-order valence-electron chi connectivity index (χ3n) is 1.96. The summed E-state index contributed by atoms with van der Waals surface area (Å²) in [6.07, 6.45) is 1.71. The maximum absolute atomic E-state index is 5.78. The zero-order valence-corrected chi connectivity index (χ0v) is 13.0. The number of hydrogen-bond donors (Lipinski definition) is 0. The predicted octanol–water partition coefficient (Wildman–Crippen LogP) is 4.08. The highest BCUT2D eigenvalue weighted by Crippen LogP contribution is 2.18. The Kier molecular flexibility index (Phi) is 4.58. The summed E-state index contributed by atoms with van der Waals surface area (Å²) < 4.78 is 7.34. The number of pyridine rings is 2. The van der Waals surface area contributed by atoms with E-state index in [-0.39, 0.29) is 0 Å². The van der Waals surface area contributed by atoms with Crippen LogP contribution in [0.1, 0.15) is 5.56 Å². The molecule has 2 aromatic heterocycles. The molecule has 0 fully saturated rings. The van der Waals surface area contributed by atoms with Crippen molar-refractivity contribution >= 4 is 50.1 Å². The van der Waals surface area contributed by atoms with Crippen LogP contribution in [0.5, 0.6) is 5.88 Å². The molecule has 0 spiro atoms. The molecule has 0 saturated carbocycles. The number of aromatic nitrogens is 2. The third kappa shape index (κ3) is 3.79. The van der Waals surface area contributed by atoms with Crippen LogP contribution in [-0.4, -0.2) is 9.97 Å². The van der Waals surface area contributed by atoms with E-state index in [1.165, 1.54) is 0 Å². The quantitative estimate of drug-likeness (QED) is 0.549. The fourth-order valence-electron chi connectivity index (χ4n) is 1.16. The first-order valence-corrected chi connectivity index (χ1v) is 6.95. The number of halogens is 3. The fraction of sp³-hybridized carbons (Fsp3) is 0.0909. The van der Waals surface area contributed by atoms with Gasteiger partial charge in [-0.3, -0.25) is 0 Å². The van der Waals surface area contributed by atoms with Gasteiger partial charge in [-0.25, -0.2) is 9.97 Å². The van der Waals surface area contributed by atoms with Crippen LogP contribution in [0.3, 0.4) is 0 Å². The molecule has 2 heterocycles. The van der Waals surface area contributed by atoms with Crippen molar-refractivity contribution in [3.05, 3.63) is 49.4 Å². The zero-order valence-electron chi connectivity index (χ0n) is 8.53. The van der Waals surface area contributed by atoms with Gasteiger partial charge in [0.05, 0.1) is 0 Å². The van der Waals surface area contributed by atoms with Crippen molar-refractivity contribution in [2.75, 3.05) is 0 Å². The van der Waals surface area contributed by atoms with Gasteiger partial charge in [-0.2, -0.15) is 0 Å². The fourth-order valence-corrected chi connectivity index (χ4v) is 2.42. The standard InChI is InChI=1S/C11H7BrClIN2O/c12-9-2-1-3-11(16-9)17-6-7-5-15-10(13)4-8(7)14/h1-5H,6H2. The van der Waals surface area contributed by atoms with E-state index < -0.39 is 0 Å². The first-order chi connectivity index (χ1) is 8.15. The predicted molar refractivity (Wildman–Crippen MR) is 78.2 cm³/mol. The van der Waals surface area contributed by atoms with Crippen molar-refractivity contribution in [3.63, 3.8) is 0 Å². The van der Waals surface area contributed by atoms with Gasteiger partial charge in [0, 0.05) is 21.4 Å². The lowest BCUT2D eigenvalue weighted by Crippen LogP contribution is -2.00. The van der Waals surface area contributed by atoms with Crippen molar-refractivity contribution < 1.29 is 4.74 Å². The first-order valence-electron chi connectivity index (χ1n) is 4.70. The van der Waals surface area contributed by atoms with Crippen molar-refractivity contribution in [1.82, 2.24) is 9.97 Å². The maximum atomic E-state index is 5.78. The van der Waals surface area contributed by atoms with Gasteiger partial charge >= 0.3 is 0 Å². The summed E-state index contributed by atoms with van der Waals surface area (Å²) in [5.74, 6) is 0.574. The van der Waals surface area contributed by atoms with E-state index in [1.54, 1.807) is 18.3 Å². The van der Waals surface area contributed by atoms with Gasteiger partial charge < -0.3 is 4.74 Å². The van der Waals surface area contributed by atoms with E-state index in [1.807, 2.05) is 12.1 Å². The monoisotopic (exact) mass is 424 g/mol. The molecule has 2 rings (SSSR count). The highest BCUT2D eigenvalue weighted by molar-refractivity contribution is 14.1. The molecule has 6 heteroatoms. The summed E-state index contributed by atoms with van der Waals surface area (Å²) in [7, 11) is 0. The van der Waals surface area contributed by atoms with Crippen LogP contribution in [0.2, 0.25) is 5.15 Å². The Bertz CT molecular complexity index is 539. The van der Waals surface area contributed by atoms with E-state index >= 15 is 0 Å². The van der Waals surface area contributed by atoms with Crippen molar-refractivity contribution in [2.24, 2.45) is 0 Å². The minimum absolute atomic E-state index is 0.423. The Labute approximate surface area is 126 Å². The van der Waals surface area contributed by atoms with Crippen LogP contribution in [0.4, 0.5) is 0 Å². The topological polar surface area (TPSA) is 35.0 Å². The zero-order chi connectivity index (χ0) is 12.3. The first kappa shape index (κ1) is 13.0. The van der Waals surface area contributed by atoms with Crippen LogP contribution in [0.15, 0.2) is 35.1 Å². The molecular weight excluding hydrogens is 418 g/mol. The summed E-state index contributed by atoms with van der Waals surface area (Å²) in [6, 6.07) is 7.33. The van der Waals surface area contributed by atoms with Gasteiger partial charge in [-0.15, -0.1) is 0 Å². The van der Waals surface area contributed by atoms with Crippen LogP contribution in [-0.2, 0) is 6.61 Å². The molecular formula is C11H7BrClIN2O. The summed E-state index contributed by atoms with van der Waals surface area (Å²) in [5, 5.41) is 0.485. The SMILES string of the molecule is Clc1cc(I)c(COc2cccc(Br)n2)cn1. The number of rotatable bonds is 3. The molecule has 0 saturated heterocycles. The van der Waals surface area contributed by atoms with Crippen molar-refractivity contribution in [3.8, 4) is 5.88 Å². The molecule has 3 nitrogen and oxygen atoms in total. The lowest BCUT2D eigenvalue weighted by molar-refractivity contribution is 0.292. The van der Waals surface area contributed by atoms with Gasteiger partial charge in [0.15, 0.2) is 0 Å². The highest BCUT2D eigenvalue weighted by atomic mass is 127. The number of ether oxygens (including phenoxy) is 1. The average molecular weight is 425 g/mol. The molecule has 0 aliphatic rings. The molecule has 17 heavy (non-hydrogen) atoms. The summed E-state index contributed by atoms with van der Waals surface area (Å²) in [6.45, 7) is 0.423. The van der Waals surface area contributed by atoms with Gasteiger partial charge in [0.2, 0.25) is 5.88 Å². The molecule has 0 atom stereocenters. The molecule has 0 bridgehead atoms. The lowest BCUT2D eigenvalue weighted by Gasteiger charge is -2.07. The summed E-state index contributed by atoms with van der Waals surface area (Å²) in [4.78, 5) is 8.20. The van der Waals surface area contributed by atoms with E-state index in [0.717, 1.165) is 13.7 Å². The minimum atomic E-state index is 0.423. The average Bonchev–Trinajstić information content (AvgIpc) is 2.28. The maximum Gasteiger partial charge on any atom is 0.214 e. The van der Waals surface area contributed by atoms with Crippen molar-refractivity contribution in [1.29, 1.82) is 0 Å². The van der Waals surface area contributed by atoms with Crippen LogP contribution in [0, 0.1) is 3.57 Å². The third-order valence-corrected chi connectivity index (χ3v) is 3.61. The van der Waals surface area contributed by atoms with Gasteiger partial charge in [-0.1, -0.05) is 17.7 Å². The molecule has 0 aromatic carbocycles. The highest BCUT2D eigenvalue weighted by Gasteiger charge is 2.03. The molecule has 0 unspecified atom stereocenters. The van der Waals surface area contributed by atoms with Gasteiger partial charge in [-0.05, 0) is 50.7 Å². The normalized spacial score (nSPS) is 10.3. The second kappa shape index (κ2) is 5.97. The molecule has 0 N–H and O–H groups in total. The summed E-state index contributed by atoms with van der Waals surface area (Å²) in [5.41, 5.74) is 0.983. The van der Waals surface area contributed by atoms with E-state index in [2.05, 4.69) is 48.5 Å². The van der Waals surface area contributed by atoms with E-state index in [0.29, 0.717) is 17.6 Å². The smallest absolute Gasteiger partial charge is 0.214 e. The number of hydrogen-bond acceptors (Lipinski definition) is 3. The Balaban J connectivity index is 2.07. The molecule has 88 valence electrons. The Morgan fingerprint density at radius 3 is 2.94 bits per heavy atom. The van der Waals surface area contributed by atoms with Gasteiger partial charge in [0.25, 0.3) is 0 Å². The molecule has 0 aliphatic carbocycles. The Morgan fingerprint density at radius 1 is 1.41 bits per heavy atom. The molecule has 0 radical (unpaired) electrons. The largest absolute Gasteiger partial charge is 0.473 e.